The summed E-state index contributed by atoms with van der Waals surface area (Å²) < 4.78 is 5.23. The number of pyridine rings is 1. The standard InChI is InChI=1S/C16H13N3O/c1-9-15(10(2)20-19-9)11-7-14-16(17-8-11)12-5-3-4-6-13(12)18-14/h3-8,18H,1-2H3. The average Bonchev–Trinajstić information content (AvgIpc) is 2.98. The predicted octanol–water partition coefficient (Wildman–Crippen LogP) is 3.99. The van der Waals surface area contributed by atoms with Gasteiger partial charge in [0.05, 0.1) is 16.7 Å². The van der Waals surface area contributed by atoms with Crippen LogP contribution in [0.25, 0.3) is 33.1 Å². The third-order valence-electron chi connectivity index (χ3n) is 3.66. The number of para-hydroxylation sites is 1. The van der Waals surface area contributed by atoms with Crippen LogP contribution in [-0.4, -0.2) is 15.1 Å². The lowest BCUT2D eigenvalue weighted by Gasteiger charge is -2.00. The van der Waals surface area contributed by atoms with Crippen molar-refractivity contribution in [3.8, 4) is 11.1 Å². The van der Waals surface area contributed by atoms with Gasteiger partial charge >= 0.3 is 0 Å². The maximum absolute atomic E-state index is 5.23. The van der Waals surface area contributed by atoms with Gasteiger partial charge in [-0.25, -0.2) is 0 Å². The van der Waals surface area contributed by atoms with Crippen molar-refractivity contribution in [2.75, 3.05) is 0 Å². The van der Waals surface area contributed by atoms with Gasteiger partial charge in [0.25, 0.3) is 0 Å². The molecule has 3 heterocycles. The minimum Gasteiger partial charge on any atom is -0.361 e. The lowest BCUT2D eigenvalue weighted by Crippen LogP contribution is -1.84. The van der Waals surface area contributed by atoms with Crippen LogP contribution in [0.4, 0.5) is 0 Å². The molecule has 0 spiro atoms. The van der Waals surface area contributed by atoms with Gasteiger partial charge in [-0.1, -0.05) is 23.4 Å². The third kappa shape index (κ3) is 1.48. The normalized spacial score (nSPS) is 11.5. The van der Waals surface area contributed by atoms with E-state index in [2.05, 4.69) is 33.3 Å². The number of fused-ring (bicyclic) bond motifs is 3. The van der Waals surface area contributed by atoms with Crippen LogP contribution < -0.4 is 0 Å². The van der Waals surface area contributed by atoms with Gasteiger partial charge in [-0.3, -0.25) is 4.98 Å². The molecule has 4 aromatic rings. The van der Waals surface area contributed by atoms with Gasteiger partial charge < -0.3 is 9.51 Å². The highest BCUT2D eigenvalue weighted by atomic mass is 16.5. The molecule has 4 nitrogen and oxygen atoms in total. The van der Waals surface area contributed by atoms with Gasteiger partial charge in [0.1, 0.15) is 5.76 Å². The number of aryl methyl sites for hydroxylation is 2. The highest BCUT2D eigenvalue weighted by Crippen LogP contribution is 2.30. The Labute approximate surface area is 115 Å². The molecule has 0 saturated heterocycles. The topological polar surface area (TPSA) is 54.7 Å². The number of H-pyrrole nitrogens is 1. The molecule has 98 valence electrons. The molecule has 0 unspecified atom stereocenters. The molecule has 0 radical (unpaired) electrons. The Balaban J connectivity index is 2.02. The molecule has 0 amide bonds. The van der Waals surface area contributed by atoms with E-state index in [0.29, 0.717) is 0 Å². The minimum absolute atomic E-state index is 0.819. The zero-order valence-corrected chi connectivity index (χ0v) is 11.3. The van der Waals surface area contributed by atoms with E-state index >= 15 is 0 Å². The number of benzene rings is 1. The molecule has 0 aliphatic heterocycles. The Kier molecular flexibility index (Phi) is 2.21. The maximum atomic E-state index is 5.23. The predicted molar refractivity (Wildman–Crippen MR) is 78.6 cm³/mol. The van der Waals surface area contributed by atoms with Crippen LogP contribution in [0, 0.1) is 13.8 Å². The van der Waals surface area contributed by atoms with E-state index in [1.165, 1.54) is 0 Å². The van der Waals surface area contributed by atoms with Gasteiger partial charge in [-0.2, -0.15) is 0 Å². The van der Waals surface area contributed by atoms with Crippen LogP contribution in [0.15, 0.2) is 41.1 Å². The number of aromatic nitrogens is 3. The summed E-state index contributed by atoms with van der Waals surface area (Å²) in [7, 11) is 0. The number of hydrogen-bond donors (Lipinski definition) is 1. The molecule has 3 aromatic heterocycles. The Morgan fingerprint density at radius 2 is 1.95 bits per heavy atom. The largest absolute Gasteiger partial charge is 0.361 e. The molecule has 0 aliphatic rings. The molecule has 4 heteroatoms. The Morgan fingerprint density at radius 1 is 1.10 bits per heavy atom. The molecule has 1 aromatic carbocycles. The van der Waals surface area contributed by atoms with Crippen molar-refractivity contribution in [2.45, 2.75) is 13.8 Å². The fourth-order valence-electron chi connectivity index (χ4n) is 2.75. The monoisotopic (exact) mass is 263 g/mol. The molecule has 0 saturated carbocycles. The first-order valence-electron chi connectivity index (χ1n) is 6.54. The summed E-state index contributed by atoms with van der Waals surface area (Å²) in [6.45, 7) is 3.87. The van der Waals surface area contributed by atoms with Gasteiger partial charge in [0, 0.05) is 28.2 Å². The second-order valence-electron chi connectivity index (χ2n) is 4.99. The summed E-state index contributed by atoms with van der Waals surface area (Å²) in [5.41, 5.74) is 6.07. The van der Waals surface area contributed by atoms with Crippen molar-refractivity contribution in [2.24, 2.45) is 0 Å². The first-order chi connectivity index (χ1) is 9.74. The first-order valence-corrected chi connectivity index (χ1v) is 6.54. The summed E-state index contributed by atoms with van der Waals surface area (Å²) in [6.07, 6.45) is 1.88. The van der Waals surface area contributed by atoms with Crippen molar-refractivity contribution in [1.29, 1.82) is 0 Å². The Morgan fingerprint density at radius 3 is 2.75 bits per heavy atom. The quantitative estimate of drug-likeness (QED) is 0.565. The third-order valence-corrected chi connectivity index (χ3v) is 3.66. The number of rotatable bonds is 1. The van der Waals surface area contributed by atoms with Crippen molar-refractivity contribution >= 4 is 21.9 Å². The maximum Gasteiger partial charge on any atom is 0.141 e. The fourth-order valence-corrected chi connectivity index (χ4v) is 2.75. The average molecular weight is 263 g/mol. The summed E-state index contributed by atoms with van der Waals surface area (Å²) in [6, 6.07) is 10.3. The second-order valence-corrected chi connectivity index (χ2v) is 4.99. The zero-order chi connectivity index (χ0) is 13.7. The van der Waals surface area contributed by atoms with E-state index in [4.69, 9.17) is 4.52 Å². The summed E-state index contributed by atoms with van der Waals surface area (Å²) >= 11 is 0. The zero-order valence-electron chi connectivity index (χ0n) is 11.3. The summed E-state index contributed by atoms with van der Waals surface area (Å²) in [4.78, 5) is 8.01. The SMILES string of the molecule is Cc1noc(C)c1-c1cnc2c(c1)[nH]c1ccccc12. The van der Waals surface area contributed by atoms with Crippen LogP contribution in [0.1, 0.15) is 11.5 Å². The van der Waals surface area contributed by atoms with Crippen LogP contribution in [0.3, 0.4) is 0 Å². The molecule has 0 atom stereocenters. The van der Waals surface area contributed by atoms with E-state index in [1.54, 1.807) is 0 Å². The van der Waals surface area contributed by atoms with E-state index in [-0.39, 0.29) is 0 Å². The summed E-state index contributed by atoms with van der Waals surface area (Å²) in [5, 5.41) is 5.15. The number of aromatic amines is 1. The molecular weight excluding hydrogens is 250 g/mol. The Bertz CT molecular complexity index is 914. The van der Waals surface area contributed by atoms with E-state index in [9.17, 15) is 0 Å². The molecular formula is C16H13N3O. The first kappa shape index (κ1) is 11.2. The fraction of sp³-hybridized carbons (Fsp3) is 0.125. The minimum atomic E-state index is 0.819. The highest BCUT2D eigenvalue weighted by molar-refractivity contribution is 6.05. The summed E-state index contributed by atoms with van der Waals surface area (Å²) in [5.74, 6) is 0.819. The van der Waals surface area contributed by atoms with Crippen LogP contribution in [0.2, 0.25) is 0 Å². The molecule has 1 N–H and O–H groups in total. The van der Waals surface area contributed by atoms with Gasteiger partial charge in [-0.15, -0.1) is 0 Å². The molecule has 0 bridgehead atoms. The van der Waals surface area contributed by atoms with Crippen LogP contribution in [-0.2, 0) is 0 Å². The van der Waals surface area contributed by atoms with E-state index in [0.717, 1.165) is 44.5 Å². The lowest BCUT2D eigenvalue weighted by molar-refractivity contribution is 0.393. The van der Waals surface area contributed by atoms with E-state index in [1.807, 2.05) is 32.2 Å². The molecule has 20 heavy (non-hydrogen) atoms. The van der Waals surface area contributed by atoms with Gasteiger partial charge in [0.2, 0.25) is 0 Å². The lowest BCUT2D eigenvalue weighted by atomic mass is 10.1. The van der Waals surface area contributed by atoms with Crippen molar-refractivity contribution in [3.63, 3.8) is 0 Å². The highest BCUT2D eigenvalue weighted by Gasteiger charge is 2.13. The van der Waals surface area contributed by atoms with Crippen LogP contribution >= 0.6 is 0 Å². The second kappa shape index (κ2) is 3.93. The molecule has 0 fully saturated rings. The van der Waals surface area contributed by atoms with Gasteiger partial charge in [0.15, 0.2) is 0 Å². The van der Waals surface area contributed by atoms with Gasteiger partial charge in [-0.05, 0) is 26.0 Å². The Hall–Kier alpha value is -2.62. The smallest absolute Gasteiger partial charge is 0.141 e. The van der Waals surface area contributed by atoms with Crippen molar-refractivity contribution < 1.29 is 4.52 Å². The van der Waals surface area contributed by atoms with Crippen molar-refractivity contribution in [1.82, 2.24) is 15.1 Å². The number of nitrogens with zero attached hydrogens (tertiary/aromatic N) is 2. The van der Waals surface area contributed by atoms with Crippen molar-refractivity contribution in [3.05, 3.63) is 48.0 Å². The van der Waals surface area contributed by atoms with E-state index < -0.39 is 0 Å². The number of hydrogen-bond acceptors (Lipinski definition) is 3. The number of nitrogens with one attached hydrogen (secondary N) is 1. The molecule has 4 rings (SSSR count). The molecule has 0 aliphatic carbocycles. The van der Waals surface area contributed by atoms with Crippen LogP contribution in [0.5, 0.6) is 0 Å².